The molecule has 3 fully saturated rings. The Bertz CT molecular complexity index is 1350. The predicted octanol–water partition coefficient (Wildman–Crippen LogP) is 3.03. The van der Waals surface area contributed by atoms with Gasteiger partial charge < -0.3 is 9.80 Å². The highest BCUT2D eigenvalue weighted by atomic mass is 16.2. The van der Waals surface area contributed by atoms with E-state index in [4.69, 9.17) is 0 Å². The van der Waals surface area contributed by atoms with Crippen LogP contribution in [0.1, 0.15) is 59.2 Å². The molecule has 10 nitrogen and oxygen atoms in total. The van der Waals surface area contributed by atoms with Gasteiger partial charge in [0.25, 0.3) is 11.8 Å². The molecule has 0 bridgehead atoms. The number of carbonyl (C=O) groups excluding carboxylic acids is 5. The summed E-state index contributed by atoms with van der Waals surface area (Å²) in [4.78, 5) is 70.6. The van der Waals surface area contributed by atoms with Crippen molar-refractivity contribution in [3.8, 4) is 0 Å². The minimum Gasteiger partial charge on any atom is -0.371 e. The van der Waals surface area contributed by atoms with Crippen LogP contribution in [-0.4, -0.2) is 78.2 Å². The van der Waals surface area contributed by atoms with Crippen LogP contribution in [0.5, 0.6) is 0 Å². The Morgan fingerprint density at radius 1 is 0.750 bits per heavy atom. The van der Waals surface area contributed by atoms with E-state index >= 15 is 0 Å². The number of benzene rings is 2. The first-order chi connectivity index (χ1) is 19.4. The lowest BCUT2D eigenvalue weighted by Crippen LogP contribution is -2.54. The summed E-state index contributed by atoms with van der Waals surface area (Å²) in [5.41, 5.74) is 2.39. The number of hydrogen-bond acceptors (Lipinski definition) is 6. The Labute approximate surface area is 232 Å². The van der Waals surface area contributed by atoms with Crippen LogP contribution in [0.15, 0.2) is 48.5 Å². The number of carbonyl (C=O) groups is 5. The van der Waals surface area contributed by atoms with Gasteiger partial charge in [-0.2, -0.15) is 0 Å². The van der Waals surface area contributed by atoms with Gasteiger partial charge >= 0.3 is 6.03 Å². The van der Waals surface area contributed by atoms with Gasteiger partial charge in [0.15, 0.2) is 0 Å². The Kier molecular flexibility index (Phi) is 7.00. The van der Waals surface area contributed by atoms with Gasteiger partial charge in [0.1, 0.15) is 6.04 Å². The maximum Gasteiger partial charge on any atom is 0.324 e. The summed E-state index contributed by atoms with van der Waals surface area (Å²) in [6.07, 6.45) is 4.04. The van der Waals surface area contributed by atoms with Gasteiger partial charge in [0, 0.05) is 50.5 Å². The lowest BCUT2D eigenvalue weighted by molar-refractivity contribution is -0.136. The zero-order chi connectivity index (χ0) is 27.8. The van der Waals surface area contributed by atoms with Gasteiger partial charge in [0.05, 0.1) is 11.1 Å². The molecule has 3 saturated heterocycles. The number of fused-ring (bicyclic) bond motifs is 1. The molecule has 10 heteroatoms. The minimum absolute atomic E-state index is 0.0773. The highest BCUT2D eigenvalue weighted by Crippen LogP contribution is 2.32. The van der Waals surface area contributed by atoms with E-state index in [0.29, 0.717) is 11.5 Å². The number of nitrogens with zero attached hydrogens (tertiary/aromatic N) is 4. The summed E-state index contributed by atoms with van der Waals surface area (Å²) in [6.45, 7) is 3.80. The van der Waals surface area contributed by atoms with Crippen molar-refractivity contribution < 1.29 is 24.0 Å². The topological polar surface area (TPSA) is 110 Å². The lowest BCUT2D eigenvalue weighted by atomic mass is 9.95. The third kappa shape index (κ3) is 4.82. The van der Waals surface area contributed by atoms with Gasteiger partial charge in [-0.1, -0.05) is 18.2 Å². The number of nitrogens with one attached hydrogen (secondary N) is 1. The van der Waals surface area contributed by atoms with Gasteiger partial charge in [0.2, 0.25) is 11.8 Å². The predicted molar refractivity (Wildman–Crippen MR) is 148 cm³/mol. The number of hydrogen-bond donors (Lipinski definition) is 1. The highest BCUT2D eigenvalue weighted by Gasteiger charge is 2.44. The average Bonchev–Trinajstić information content (AvgIpc) is 3.08. The van der Waals surface area contributed by atoms with Crippen molar-refractivity contribution in [3.05, 3.63) is 59.7 Å². The van der Waals surface area contributed by atoms with Crippen LogP contribution in [0.2, 0.25) is 0 Å². The monoisotopic (exact) mass is 543 g/mol. The summed E-state index contributed by atoms with van der Waals surface area (Å²) >= 11 is 0. The maximum absolute atomic E-state index is 13.4. The molecule has 6 rings (SSSR count). The quantitative estimate of drug-likeness (QED) is 0.581. The van der Waals surface area contributed by atoms with Gasteiger partial charge in [-0.3, -0.25) is 34.3 Å². The third-order valence-electron chi connectivity index (χ3n) is 8.51. The van der Waals surface area contributed by atoms with E-state index in [9.17, 15) is 24.0 Å². The largest absolute Gasteiger partial charge is 0.371 e. The van der Waals surface area contributed by atoms with Crippen molar-refractivity contribution in [2.75, 3.05) is 42.5 Å². The van der Waals surface area contributed by atoms with Crippen LogP contribution in [0.3, 0.4) is 0 Å². The molecular formula is C30H33N5O5. The molecule has 0 spiro atoms. The van der Waals surface area contributed by atoms with Crippen molar-refractivity contribution >= 4 is 41.0 Å². The fourth-order valence-electron chi connectivity index (χ4n) is 6.29. The molecule has 208 valence electrons. The number of piperidine rings is 2. The molecule has 4 aliphatic rings. The lowest BCUT2D eigenvalue weighted by Gasteiger charge is -2.37. The summed E-state index contributed by atoms with van der Waals surface area (Å²) in [6, 6.07) is 14.2. The third-order valence-corrected chi connectivity index (χ3v) is 8.51. The molecule has 1 atom stereocenters. The molecular weight excluding hydrogens is 510 g/mol. The fourth-order valence-corrected chi connectivity index (χ4v) is 6.29. The molecule has 0 saturated carbocycles. The maximum atomic E-state index is 13.4. The molecule has 2 aromatic carbocycles. The van der Waals surface area contributed by atoms with E-state index < -0.39 is 29.7 Å². The van der Waals surface area contributed by atoms with E-state index in [1.807, 2.05) is 46.2 Å². The highest BCUT2D eigenvalue weighted by molar-refractivity contribution is 6.23. The van der Waals surface area contributed by atoms with Crippen LogP contribution in [0.25, 0.3) is 0 Å². The number of para-hydroxylation sites is 1. The molecule has 40 heavy (non-hydrogen) atoms. The second-order valence-corrected chi connectivity index (χ2v) is 11.0. The van der Waals surface area contributed by atoms with Crippen molar-refractivity contribution in [2.24, 2.45) is 5.92 Å². The molecule has 0 aromatic heterocycles. The molecule has 4 heterocycles. The number of imide groups is 2. The van der Waals surface area contributed by atoms with Gasteiger partial charge in [-0.05, 0) is 68.4 Å². The zero-order valence-electron chi connectivity index (χ0n) is 22.4. The standard InChI is InChI=1S/C30H33N5O5/c36-26-11-10-25(27(37)31-26)35-28(38)23-9-8-22(18-24(23)29(35)39)32-16-12-20(13-17-32)19-33-14-4-5-15-34(30(33)40)21-6-2-1-3-7-21/h1-3,6-9,18,20,25H,4-5,10-17,19H2,(H,31,36,37). The van der Waals surface area contributed by atoms with Crippen LogP contribution in [0, 0.1) is 5.92 Å². The summed E-state index contributed by atoms with van der Waals surface area (Å²) in [5.74, 6) is -1.60. The average molecular weight is 544 g/mol. The molecule has 1 unspecified atom stereocenters. The first-order valence-corrected chi connectivity index (χ1v) is 14.1. The fraction of sp³-hybridized carbons (Fsp3) is 0.433. The smallest absolute Gasteiger partial charge is 0.324 e. The van der Waals surface area contributed by atoms with Crippen LogP contribution in [-0.2, 0) is 9.59 Å². The number of anilines is 2. The molecule has 6 amide bonds. The van der Waals surface area contributed by atoms with Crippen molar-refractivity contribution in [2.45, 2.75) is 44.6 Å². The Morgan fingerprint density at radius 3 is 2.23 bits per heavy atom. The Hall–Kier alpha value is -4.21. The van der Waals surface area contributed by atoms with E-state index in [-0.39, 0.29) is 24.4 Å². The van der Waals surface area contributed by atoms with Crippen LogP contribution >= 0.6 is 0 Å². The summed E-state index contributed by atoms with van der Waals surface area (Å²) in [5, 5.41) is 2.23. The van der Waals surface area contributed by atoms with Crippen LogP contribution in [0.4, 0.5) is 16.2 Å². The second kappa shape index (κ2) is 10.7. The summed E-state index contributed by atoms with van der Waals surface area (Å²) < 4.78 is 0. The van der Waals surface area contributed by atoms with Crippen molar-refractivity contribution in [1.82, 2.24) is 15.1 Å². The SMILES string of the molecule is O=C1CCC(N2C(=O)c3ccc(N4CCC(CN5CCCCN(c6ccccc6)C5=O)CC4)cc3C2=O)C(=O)N1. The van der Waals surface area contributed by atoms with Gasteiger partial charge in [-0.25, -0.2) is 4.79 Å². The molecule has 0 aliphatic carbocycles. The second-order valence-electron chi connectivity index (χ2n) is 11.0. The molecule has 4 aliphatic heterocycles. The van der Waals surface area contributed by atoms with E-state index in [2.05, 4.69) is 10.2 Å². The molecule has 2 aromatic rings. The number of amides is 6. The van der Waals surface area contributed by atoms with Crippen LogP contribution < -0.4 is 15.1 Å². The first-order valence-electron chi connectivity index (χ1n) is 14.1. The first kappa shape index (κ1) is 26.0. The Morgan fingerprint density at radius 2 is 1.48 bits per heavy atom. The minimum atomic E-state index is -0.969. The number of urea groups is 1. The van der Waals surface area contributed by atoms with Crippen molar-refractivity contribution in [1.29, 1.82) is 0 Å². The molecule has 1 N–H and O–H groups in total. The molecule has 0 radical (unpaired) electrons. The van der Waals surface area contributed by atoms with Gasteiger partial charge in [-0.15, -0.1) is 0 Å². The van der Waals surface area contributed by atoms with E-state index in [0.717, 1.165) is 74.7 Å². The Balaban J connectivity index is 1.09. The van der Waals surface area contributed by atoms with E-state index in [1.54, 1.807) is 12.1 Å². The zero-order valence-corrected chi connectivity index (χ0v) is 22.4. The van der Waals surface area contributed by atoms with Crippen molar-refractivity contribution in [3.63, 3.8) is 0 Å². The summed E-state index contributed by atoms with van der Waals surface area (Å²) in [7, 11) is 0. The number of rotatable bonds is 5. The normalized spacial score (nSPS) is 22.5. The van der Waals surface area contributed by atoms with E-state index in [1.165, 1.54) is 0 Å².